The first kappa shape index (κ1) is 15.5. The highest BCUT2D eigenvalue weighted by Crippen LogP contribution is 2.17. The van der Waals surface area contributed by atoms with Crippen LogP contribution in [0.3, 0.4) is 0 Å². The predicted octanol–water partition coefficient (Wildman–Crippen LogP) is 4.21. The fourth-order valence-corrected chi connectivity index (χ4v) is 2.11. The number of rotatable bonds is 7. The zero-order chi connectivity index (χ0) is 15.1. The van der Waals surface area contributed by atoms with Gasteiger partial charge in [-0.1, -0.05) is 25.1 Å². The Bertz CT molecular complexity index is 583. The van der Waals surface area contributed by atoms with Crippen molar-refractivity contribution in [1.29, 1.82) is 0 Å². The van der Waals surface area contributed by atoms with E-state index in [9.17, 15) is 4.39 Å². The van der Waals surface area contributed by atoms with Crippen LogP contribution in [0.5, 0.6) is 5.75 Å². The number of halogens is 1. The maximum atomic E-state index is 13.2. The van der Waals surface area contributed by atoms with E-state index < -0.39 is 0 Å². The predicted molar refractivity (Wildman–Crippen MR) is 83.9 cm³/mol. The molecular formula is C18H22FNO. The molecule has 0 atom stereocenters. The quantitative estimate of drug-likeness (QED) is 0.770. The Labute approximate surface area is 126 Å². The third-order valence-corrected chi connectivity index (χ3v) is 3.36. The van der Waals surface area contributed by atoms with Crippen molar-refractivity contribution in [1.82, 2.24) is 5.32 Å². The van der Waals surface area contributed by atoms with Crippen LogP contribution >= 0.6 is 0 Å². The molecule has 0 bridgehead atoms. The van der Waals surface area contributed by atoms with Crippen molar-refractivity contribution in [2.75, 3.05) is 6.54 Å². The average Bonchev–Trinajstić information content (AvgIpc) is 2.49. The van der Waals surface area contributed by atoms with Gasteiger partial charge in [-0.2, -0.15) is 0 Å². The van der Waals surface area contributed by atoms with Crippen molar-refractivity contribution in [2.24, 2.45) is 0 Å². The third kappa shape index (κ3) is 4.87. The molecule has 2 rings (SSSR count). The highest BCUT2D eigenvalue weighted by molar-refractivity contribution is 5.30. The molecule has 0 fully saturated rings. The largest absolute Gasteiger partial charge is 0.489 e. The number of aryl methyl sites for hydroxylation is 1. The third-order valence-electron chi connectivity index (χ3n) is 3.36. The molecule has 0 aliphatic rings. The Hall–Kier alpha value is -1.87. The first-order chi connectivity index (χ1) is 10.2. The zero-order valence-electron chi connectivity index (χ0n) is 12.7. The van der Waals surface area contributed by atoms with Crippen LogP contribution in [0.15, 0.2) is 42.5 Å². The zero-order valence-corrected chi connectivity index (χ0v) is 12.7. The van der Waals surface area contributed by atoms with Crippen molar-refractivity contribution < 1.29 is 9.13 Å². The van der Waals surface area contributed by atoms with E-state index in [1.165, 1.54) is 17.7 Å². The van der Waals surface area contributed by atoms with E-state index in [1.54, 1.807) is 6.07 Å². The van der Waals surface area contributed by atoms with Crippen molar-refractivity contribution in [2.45, 2.75) is 33.4 Å². The summed E-state index contributed by atoms with van der Waals surface area (Å²) in [6.07, 6.45) is 1.12. The molecule has 0 saturated carbocycles. The molecule has 2 aromatic rings. The van der Waals surface area contributed by atoms with Crippen LogP contribution in [0.25, 0.3) is 0 Å². The molecule has 2 nitrogen and oxygen atoms in total. The van der Waals surface area contributed by atoms with E-state index in [0.717, 1.165) is 36.4 Å². The monoisotopic (exact) mass is 287 g/mol. The number of nitrogens with one attached hydrogen (secondary N) is 1. The van der Waals surface area contributed by atoms with Crippen molar-refractivity contribution >= 4 is 0 Å². The topological polar surface area (TPSA) is 21.3 Å². The Morgan fingerprint density at radius 1 is 1.14 bits per heavy atom. The summed E-state index contributed by atoms with van der Waals surface area (Å²) < 4.78 is 19.0. The van der Waals surface area contributed by atoms with Gasteiger partial charge in [-0.25, -0.2) is 4.39 Å². The van der Waals surface area contributed by atoms with E-state index in [0.29, 0.717) is 6.61 Å². The van der Waals surface area contributed by atoms with Gasteiger partial charge >= 0.3 is 0 Å². The van der Waals surface area contributed by atoms with Gasteiger partial charge in [0.2, 0.25) is 0 Å². The Kier molecular flexibility index (Phi) is 5.76. The van der Waals surface area contributed by atoms with Gasteiger partial charge < -0.3 is 10.1 Å². The highest BCUT2D eigenvalue weighted by Gasteiger charge is 2.03. The van der Waals surface area contributed by atoms with Crippen LogP contribution in [0.1, 0.15) is 30.0 Å². The lowest BCUT2D eigenvalue weighted by Crippen LogP contribution is -2.13. The minimum absolute atomic E-state index is 0.225. The normalized spacial score (nSPS) is 10.6. The van der Waals surface area contributed by atoms with Crippen LogP contribution in [0.2, 0.25) is 0 Å². The number of hydrogen-bond donors (Lipinski definition) is 1. The van der Waals surface area contributed by atoms with Crippen LogP contribution in [-0.2, 0) is 13.2 Å². The van der Waals surface area contributed by atoms with E-state index in [4.69, 9.17) is 4.74 Å². The average molecular weight is 287 g/mol. The number of hydrogen-bond acceptors (Lipinski definition) is 2. The SMILES string of the molecule is CCCNCc1cccc(OCc2cc(F)ccc2C)c1. The maximum absolute atomic E-state index is 13.2. The van der Waals surface area contributed by atoms with Crippen LogP contribution in [0.4, 0.5) is 4.39 Å². The maximum Gasteiger partial charge on any atom is 0.123 e. The van der Waals surface area contributed by atoms with Gasteiger partial charge in [0.05, 0.1) is 0 Å². The molecule has 112 valence electrons. The second-order valence-corrected chi connectivity index (χ2v) is 5.18. The molecular weight excluding hydrogens is 265 g/mol. The lowest BCUT2D eigenvalue weighted by atomic mass is 10.1. The highest BCUT2D eigenvalue weighted by atomic mass is 19.1. The summed E-state index contributed by atoms with van der Waals surface area (Å²) in [6, 6.07) is 12.8. The molecule has 0 radical (unpaired) electrons. The van der Waals surface area contributed by atoms with E-state index in [-0.39, 0.29) is 5.82 Å². The van der Waals surface area contributed by atoms with Gasteiger partial charge in [0.1, 0.15) is 18.2 Å². The van der Waals surface area contributed by atoms with Crippen molar-refractivity contribution in [3.63, 3.8) is 0 Å². The lowest BCUT2D eigenvalue weighted by molar-refractivity contribution is 0.304. The molecule has 0 aliphatic carbocycles. The fourth-order valence-electron chi connectivity index (χ4n) is 2.11. The molecule has 3 heteroatoms. The van der Waals surface area contributed by atoms with Crippen LogP contribution in [0, 0.1) is 12.7 Å². The standard InChI is InChI=1S/C18H22FNO/c1-3-9-20-12-15-5-4-6-18(10-15)21-13-16-11-17(19)8-7-14(16)2/h4-8,10-11,20H,3,9,12-13H2,1-2H3. The van der Waals surface area contributed by atoms with Crippen LogP contribution < -0.4 is 10.1 Å². The summed E-state index contributed by atoms with van der Waals surface area (Å²) in [6.45, 7) is 6.34. The molecule has 0 heterocycles. The summed E-state index contributed by atoms with van der Waals surface area (Å²) in [5.74, 6) is 0.589. The van der Waals surface area contributed by atoms with Gasteiger partial charge in [0, 0.05) is 6.54 Å². The second-order valence-electron chi connectivity index (χ2n) is 5.18. The Balaban J connectivity index is 1.96. The first-order valence-electron chi connectivity index (χ1n) is 7.36. The van der Waals surface area contributed by atoms with Gasteiger partial charge in [-0.15, -0.1) is 0 Å². The van der Waals surface area contributed by atoms with Crippen molar-refractivity contribution in [3.8, 4) is 5.75 Å². The molecule has 0 saturated heterocycles. The van der Waals surface area contributed by atoms with E-state index >= 15 is 0 Å². The molecule has 0 spiro atoms. The summed E-state index contributed by atoms with van der Waals surface area (Å²) in [4.78, 5) is 0. The van der Waals surface area contributed by atoms with E-state index in [1.807, 2.05) is 25.1 Å². The van der Waals surface area contributed by atoms with Gasteiger partial charge in [-0.05, 0) is 60.8 Å². The van der Waals surface area contributed by atoms with Gasteiger partial charge in [0.15, 0.2) is 0 Å². The summed E-state index contributed by atoms with van der Waals surface area (Å²) in [5.41, 5.74) is 3.11. The van der Waals surface area contributed by atoms with Gasteiger partial charge in [0.25, 0.3) is 0 Å². The molecule has 0 unspecified atom stereocenters. The second kappa shape index (κ2) is 7.79. The number of ether oxygens (including phenoxy) is 1. The van der Waals surface area contributed by atoms with E-state index in [2.05, 4.69) is 18.3 Å². The minimum atomic E-state index is -0.225. The minimum Gasteiger partial charge on any atom is -0.489 e. The number of benzene rings is 2. The molecule has 2 aromatic carbocycles. The Morgan fingerprint density at radius 3 is 2.81 bits per heavy atom. The lowest BCUT2D eigenvalue weighted by Gasteiger charge is -2.10. The molecule has 0 amide bonds. The summed E-state index contributed by atoms with van der Waals surface area (Å²) in [7, 11) is 0. The fraction of sp³-hybridized carbons (Fsp3) is 0.333. The summed E-state index contributed by atoms with van der Waals surface area (Å²) in [5, 5.41) is 3.36. The molecule has 0 aromatic heterocycles. The molecule has 21 heavy (non-hydrogen) atoms. The van der Waals surface area contributed by atoms with Gasteiger partial charge in [-0.3, -0.25) is 0 Å². The Morgan fingerprint density at radius 2 is 2.00 bits per heavy atom. The molecule has 0 aliphatic heterocycles. The van der Waals surface area contributed by atoms with Crippen LogP contribution in [-0.4, -0.2) is 6.54 Å². The summed E-state index contributed by atoms with van der Waals surface area (Å²) >= 11 is 0. The first-order valence-corrected chi connectivity index (χ1v) is 7.36. The van der Waals surface area contributed by atoms with Crippen molar-refractivity contribution in [3.05, 3.63) is 65.0 Å². The smallest absolute Gasteiger partial charge is 0.123 e. The molecule has 1 N–H and O–H groups in total.